The molecule has 0 aromatic carbocycles. The molecule has 2 aliphatic rings. The minimum absolute atomic E-state index is 0.0492. The second-order valence-corrected chi connectivity index (χ2v) is 5.31. The second-order valence-electron chi connectivity index (χ2n) is 5.31. The summed E-state index contributed by atoms with van der Waals surface area (Å²) in [5.41, 5.74) is 0.935. The van der Waals surface area contributed by atoms with Gasteiger partial charge in [-0.15, -0.1) is 0 Å². The van der Waals surface area contributed by atoms with Gasteiger partial charge in [-0.25, -0.2) is 0 Å². The quantitative estimate of drug-likeness (QED) is 0.816. The number of hydrogen-bond donors (Lipinski definition) is 1. The molecule has 2 rings (SSSR count). The largest absolute Gasteiger partial charge is 0.501 e. The Labute approximate surface area is 104 Å². The van der Waals surface area contributed by atoms with Gasteiger partial charge in [-0.05, 0) is 32.7 Å². The third-order valence-corrected chi connectivity index (χ3v) is 4.13. The lowest BCUT2D eigenvalue weighted by Crippen LogP contribution is -2.46. The number of allylic oxidation sites excluding steroid dienone is 1. The Hall–Kier alpha value is -0.830. The summed E-state index contributed by atoms with van der Waals surface area (Å²) in [4.78, 5) is 12.2. The average Bonchev–Trinajstić information content (AvgIpc) is 2.41. The summed E-state index contributed by atoms with van der Waals surface area (Å²) in [5.74, 6) is 0.279. The van der Waals surface area contributed by atoms with E-state index in [9.17, 15) is 4.79 Å². The predicted molar refractivity (Wildman–Crippen MR) is 67.8 cm³/mol. The number of rotatable bonds is 4. The molecule has 1 aliphatic heterocycles. The van der Waals surface area contributed by atoms with Gasteiger partial charge in [0.05, 0.1) is 12.9 Å². The van der Waals surface area contributed by atoms with Crippen molar-refractivity contribution in [2.75, 3.05) is 13.7 Å². The van der Waals surface area contributed by atoms with Crippen LogP contribution in [0.3, 0.4) is 0 Å². The molecule has 1 aliphatic carbocycles. The van der Waals surface area contributed by atoms with Crippen LogP contribution in [0.2, 0.25) is 0 Å². The van der Waals surface area contributed by atoms with Gasteiger partial charge >= 0.3 is 0 Å². The number of ether oxygens (including phenoxy) is 1. The highest BCUT2D eigenvalue weighted by atomic mass is 16.5. The van der Waals surface area contributed by atoms with Gasteiger partial charge < -0.3 is 10.1 Å². The molecule has 1 saturated carbocycles. The lowest BCUT2D eigenvalue weighted by molar-refractivity contribution is -0.117. The highest BCUT2D eigenvalue weighted by Crippen LogP contribution is 2.32. The monoisotopic (exact) mass is 237 g/mol. The van der Waals surface area contributed by atoms with Gasteiger partial charge in [0.25, 0.3) is 0 Å². The van der Waals surface area contributed by atoms with Crippen LogP contribution in [0.25, 0.3) is 0 Å². The molecule has 0 unspecified atom stereocenters. The molecule has 1 N–H and O–H groups in total. The van der Waals surface area contributed by atoms with Gasteiger partial charge in [0, 0.05) is 17.5 Å². The molecule has 0 amide bonds. The van der Waals surface area contributed by atoms with Crippen LogP contribution in [-0.2, 0) is 9.53 Å². The normalized spacial score (nSPS) is 23.7. The van der Waals surface area contributed by atoms with E-state index >= 15 is 0 Å². The fraction of sp³-hybridized carbons (Fsp3) is 0.786. The van der Waals surface area contributed by atoms with Gasteiger partial charge in [-0.1, -0.05) is 19.3 Å². The highest BCUT2D eigenvalue weighted by Gasteiger charge is 2.33. The lowest BCUT2D eigenvalue weighted by Gasteiger charge is -2.37. The van der Waals surface area contributed by atoms with Gasteiger partial charge in [0.1, 0.15) is 0 Å². The summed E-state index contributed by atoms with van der Waals surface area (Å²) < 4.78 is 5.26. The third-order valence-electron chi connectivity index (χ3n) is 4.13. The van der Waals surface area contributed by atoms with Gasteiger partial charge in [0.2, 0.25) is 0 Å². The number of ketones is 1. The molecule has 0 aromatic heterocycles. The van der Waals surface area contributed by atoms with Crippen LogP contribution in [0.1, 0.15) is 51.4 Å². The maximum Gasteiger partial charge on any atom is 0.163 e. The van der Waals surface area contributed by atoms with Crippen molar-refractivity contribution in [3.63, 3.8) is 0 Å². The van der Waals surface area contributed by atoms with E-state index in [1.165, 1.54) is 19.3 Å². The van der Waals surface area contributed by atoms with Gasteiger partial charge in [-0.3, -0.25) is 4.79 Å². The van der Waals surface area contributed by atoms with Crippen LogP contribution in [0, 0.1) is 0 Å². The lowest BCUT2D eigenvalue weighted by atomic mass is 9.77. The van der Waals surface area contributed by atoms with Crippen molar-refractivity contribution in [2.24, 2.45) is 0 Å². The molecule has 0 radical (unpaired) electrons. The number of hydrogen-bond acceptors (Lipinski definition) is 3. The zero-order valence-corrected chi connectivity index (χ0v) is 10.8. The summed E-state index contributed by atoms with van der Waals surface area (Å²) in [5, 5.41) is 3.40. The van der Waals surface area contributed by atoms with Crippen LogP contribution in [0.15, 0.2) is 11.8 Å². The summed E-state index contributed by atoms with van der Waals surface area (Å²) >= 11 is 0. The van der Waals surface area contributed by atoms with Crippen LogP contribution in [0.5, 0.6) is 0 Å². The molecule has 0 bridgehead atoms. The summed E-state index contributed by atoms with van der Waals surface area (Å²) in [6, 6.07) is 0. The Morgan fingerprint density at radius 1 is 1.35 bits per heavy atom. The molecule has 3 nitrogen and oxygen atoms in total. The minimum atomic E-state index is 0.0492. The van der Waals surface area contributed by atoms with E-state index in [1.807, 2.05) is 7.05 Å². The summed E-state index contributed by atoms with van der Waals surface area (Å²) in [6.45, 7) is 0.758. The van der Waals surface area contributed by atoms with Crippen molar-refractivity contribution >= 4 is 5.78 Å². The van der Waals surface area contributed by atoms with Crippen molar-refractivity contribution in [2.45, 2.75) is 56.9 Å². The van der Waals surface area contributed by atoms with E-state index in [2.05, 4.69) is 5.32 Å². The van der Waals surface area contributed by atoms with Crippen LogP contribution < -0.4 is 5.32 Å². The summed E-state index contributed by atoms with van der Waals surface area (Å²) in [7, 11) is 1.99. The van der Waals surface area contributed by atoms with Crippen molar-refractivity contribution < 1.29 is 9.53 Å². The Balaban J connectivity index is 1.97. The van der Waals surface area contributed by atoms with Crippen LogP contribution in [0.4, 0.5) is 0 Å². The number of carbonyl (C=O) groups is 1. The van der Waals surface area contributed by atoms with Crippen molar-refractivity contribution in [3.8, 4) is 0 Å². The van der Waals surface area contributed by atoms with E-state index in [4.69, 9.17) is 4.74 Å². The molecule has 1 fully saturated rings. The van der Waals surface area contributed by atoms with E-state index in [-0.39, 0.29) is 11.3 Å². The van der Waals surface area contributed by atoms with E-state index in [0.717, 1.165) is 37.9 Å². The molecule has 0 atom stereocenters. The smallest absolute Gasteiger partial charge is 0.163 e. The summed E-state index contributed by atoms with van der Waals surface area (Å²) in [6.07, 6.45) is 10.2. The first-order valence-corrected chi connectivity index (χ1v) is 6.78. The Morgan fingerprint density at radius 3 is 2.71 bits per heavy atom. The number of Topliss-reactive ketones (excluding diaryl/α,β-unsaturated/α-hetero) is 1. The first kappa shape index (κ1) is 12.6. The maximum absolute atomic E-state index is 12.2. The van der Waals surface area contributed by atoms with Gasteiger partial charge in [-0.2, -0.15) is 0 Å². The molecule has 17 heavy (non-hydrogen) atoms. The zero-order valence-electron chi connectivity index (χ0n) is 10.8. The molecule has 1 heterocycles. The average molecular weight is 237 g/mol. The van der Waals surface area contributed by atoms with E-state index < -0.39 is 0 Å². The van der Waals surface area contributed by atoms with E-state index in [0.29, 0.717) is 6.42 Å². The Kier molecular flexibility index (Phi) is 4.21. The fourth-order valence-corrected chi connectivity index (χ4v) is 2.93. The molecule has 96 valence electrons. The molecule has 3 heteroatoms. The number of nitrogens with one attached hydrogen (secondary N) is 1. The zero-order chi connectivity index (χ0) is 12.1. The fourth-order valence-electron chi connectivity index (χ4n) is 2.93. The molecule has 0 spiro atoms. The minimum Gasteiger partial charge on any atom is -0.501 e. The Bertz CT molecular complexity index is 303. The number of carbonyl (C=O) groups excluding carboxylic acids is 1. The Morgan fingerprint density at radius 2 is 2.12 bits per heavy atom. The highest BCUT2D eigenvalue weighted by molar-refractivity contribution is 5.95. The predicted octanol–water partition coefficient (Wildman–Crippen LogP) is 2.56. The third kappa shape index (κ3) is 3.09. The standard InChI is InChI=1S/C14H23NO2/c1-15-14(7-3-2-4-8-14)10-13(16)12-6-5-9-17-11-12/h11,15H,2-10H2,1H3. The van der Waals surface area contributed by atoms with Crippen molar-refractivity contribution in [1.82, 2.24) is 5.32 Å². The molecule has 0 saturated heterocycles. The van der Waals surface area contributed by atoms with Crippen molar-refractivity contribution in [1.29, 1.82) is 0 Å². The van der Waals surface area contributed by atoms with Crippen LogP contribution >= 0.6 is 0 Å². The second kappa shape index (κ2) is 5.67. The van der Waals surface area contributed by atoms with Crippen molar-refractivity contribution in [3.05, 3.63) is 11.8 Å². The molecular weight excluding hydrogens is 214 g/mol. The molecular formula is C14H23NO2. The first-order valence-electron chi connectivity index (χ1n) is 6.78. The van der Waals surface area contributed by atoms with Gasteiger partial charge in [0.15, 0.2) is 5.78 Å². The van der Waals surface area contributed by atoms with Crippen LogP contribution in [-0.4, -0.2) is 25.0 Å². The first-order chi connectivity index (χ1) is 8.26. The van der Waals surface area contributed by atoms with E-state index in [1.54, 1.807) is 6.26 Å². The SMILES string of the molecule is CNC1(CC(=O)C2=COCCC2)CCCCC1. The topological polar surface area (TPSA) is 38.3 Å². The molecule has 0 aromatic rings. The maximum atomic E-state index is 12.2.